The van der Waals surface area contributed by atoms with Gasteiger partial charge in [0.25, 0.3) is 0 Å². The Bertz CT molecular complexity index is 2780. The highest BCUT2D eigenvalue weighted by Crippen LogP contribution is 2.36. The minimum atomic E-state index is 0.558. The van der Waals surface area contributed by atoms with Crippen molar-refractivity contribution in [3.63, 3.8) is 0 Å². The predicted molar refractivity (Wildman–Crippen MR) is 203 cm³/mol. The van der Waals surface area contributed by atoms with Gasteiger partial charge in [-0.25, -0.2) is 9.97 Å². The zero-order chi connectivity index (χ0) is 33.0. The number of para-hydroxylation sites is 4. The molecule has 6 heteroatoms. The molecule has 0 aliphatic rings. The van der Waals surface area contributed by atoms with Crippen LogP contribution in [-0.2, 0) is 0 Å². The molecule has 0 aliphatic heterocycles. The van der Waals surface area contributed by atoms with Crippen molar-refractivity contribution in [3.05, 3.63) is 170 Å². The minimum absolute atomic E-state index is 0.558. The first-order valence-corrected chi connectivity index (χ1v) is 16.7. The number of hydrogen-bond donors (Lipinski definition) is 0. The van der Waals surface area contributed by atoms with Crippen molar-refractivity contribution < 1.29 is 0 Å². The standard InChI is InChI=1S/C44H28N6/c1-2-14-29(15-3-1)30-16-12-17-31(28-30)41-46-42(48-44(47-41)50-38-24-9-4-18-32(38)33-19-5-10-25-39(33)50)36-21-7-11-26-40(36)49-37-23-8-6-20-34(37)35-22-13-27-45-43(35)49/h1-28H. The number of nitrogens with zero attached hydrogens (tertiary/aromatic N) is 6. The lowest BCUT2D eigenvalue weighted by atomic mass is 10.0. The molecule has 234 valence electrons. The summed E-state index contributed by atoms with van der Waals surface area (Å²) in [6, 6.07) is 56.6. The number of aromatic nitrogens is 6. The summed E-state index contributed by atoms with van der Waals surface area (Å²) >= 11 is 0. The van der Waals surface area contributed by atoms with Gasteiger partial charge in [0.1, 0.15) is 5.65 Å². The van der Waals surface area contributed by atoms with Crippen molar-refractivity contribution in [2.45, 2.75) is 0 Å². The molecule has 0 saturated heterocycles. The Kier molecular flexibility index (Phi) is 6.39. The SMILES string of the molecule is c1ccc(-c2cccc(-c3nc(-c4ccccc4-n4c5ccccc5c5cccnc54)nc(-n4c5ccccc5c5ccccc54)n3)c2)cc1. The smallest absolute Gasteiger partial charge is 0.238 e. The maximum atomic E-state index is 5.29. The van der Waals surface area contributed by atoms with Crippen LogP contribution in [0.3, 0.4) is 0 Å². The van der Waals surface area contributed by atoms with Crippen LogP contribution in [0.1, 0.15) is 0 Å². The van der Waals surface area contributed by atoms with Gasteiger partial charge < -0.3 is 0 Å². The maximum Gasteiger partial charge on any atom is 0.238 e. The molecule has 0 fully saturated rings. The summed E-state index contributed by atoms with van der Waals surface area (Å²) in [5, 5.41) is 4.53. The van der Waals surface area contributed by atoms with Crippen LogP contribution in [0.5, 0.6) is 0 Å². The van der Waals surface area contributed by atoms with E-state index in [1.54, 1.807) is 0 Å². The number of fused-ring (bicyclic) bond motifs is 6. The summed E-state index contributed by atoms with van der Waals surface area (Å²) in [5.41, 5.74) is 8.99. The van der Waals surface area contributed by atoms with E-state index in [-0.39, 0.29) is 0 Å². The number of hydrogen-bond acceptors (Lipinski definition) is 4. The molecule has 0 N–H and O–H groups in total. The molecule has 0 amide bonds. The summed E-state index contributed by atoms with van der Waals surface area (Å²) in [6.07, 6.45) is 1.85. The average molecular weight is 641 g/mol. The van der Waals surface area contributed by atoms with Gasteiger partial charge in [-0.05, 0) is 59.7 Å². The Hall–Kier alpha value is -6.92. The molecular formula is C44H28N6. The van der Waals surface area contributed by atoms with Crippen LogP contribution in [0.15, 0.2) is 170 Å². The van der Waals surface area contributed by atoms with Crippen molar-refractivity contribution in [3.8, 4) is 45.5 Å². The van der Waals surface area contributed by atoms with E-state index in [0.717, 1.165) is 71.7 Å². The molecule has 0 atom stereocenters. The Labute approximate surface area is 287 Å². The first kappa shape index (κ1) is 28.1. The summed E-state index contributed by atoms with van der Waals surface area (Å²) in [5.74, 6) is 1.73. The quantitative estimate of drug-likeness (QED) is 0.188. The molecule has 10 aromatic rings. The van der Waals surface area contributed by atoms with Gasteiger partial charge in [-0.3, -0.25) is 9.13 Å². The number of rotatable bonds is 5. The molecule has 6 aromatic carbocycles. The number of benzene rings is 6. The van der Waals surface area contributed by atoms with Gasteiger partial charge in [0.15, 0.2) is 11.6 Å². The Morgan fingerprint density at radius 3 is 1.70 bits per heavy atom. The van der Waals surface area contributed by atoms with Crippen molar-refractivity contribution in [1.82, 2.24) is 29.1 Å². The first-order chi connectivity index (χ1) is 24.8. The van der Waals surface area contributed by atoms with Crippen molar-refractivity contribution >= 4 is 43.7 Å². The van der Waals surface area contributed by atoms with Crippen molar-refractivity contribution in [2.75, 3.05) is 0 Å². The molecule has 0 saturated carbocycles. The minimum Gasteiger partial charge on any atom is -0.293 e. The van der Waals surface area contributed by atoms with Crippen LogP contribution in [0.2, 0.25) is 0 Å². The van der Waals surface area contributed by atoms with Gasteiger partial charge in [0.05, 0.1) is 22.2 Å². The average Bonchev–Trinajstić information content (AvgIpc) is 3.71. The molecule has 4 heterocycles. The molecule has 10 rings (SSSR count). The van der Waals surface area contributed by atoms with E-state index in [1.807, 2.05) is 24.4 Å². The lowest BCUT2D eigenvalue weighted by Gasteiger charge is -2.15. The highest BCUT2D eigenvalue weighted by Gasteiger charge is 2.21. The van der Waals surface area contributed by atoms with E-state index < -0.39 is 0 Å². The molecule has 0 bridgehead atoms. The largest absolute Gasteiger partial charge is 0.293 e. The molecular weight excluding hydrogens is 613 g/mol. The van der Waals surface area contributed by atoms with E-state index in [9.17, 15) is 0 Å². The Morgan fingerprint density at radius 1 is 0.380 bits per heavy atom. The van der Waals surface area contributed by atoms with E-state index in [4.69, 9.17) is 19.9 Å². The van der Waals surface area contributed by atoms with Crippen LogP contribution >= 0.6 is 0 Å². The highest BCUT2D eigenvalue weighted by atomic mass is 15.2. The second-order valence-electron chi connectivity index (χ2n) is 12.3. The molecule has 0 unspecified atom stereocenters. The van der Waals surface area contributed by atoms with Crippen molar-refractivity contribution in [1.29, 1.82) is 0 Å². The van der Waals surface area contributed by atoms with Crippen LogP contribution in [0.25, 0.3) is 89.3 Å². The maximum absolute atomic E-state index is 5.29. The lowest BCUT2D eigenvalue weighted by molar-refractivity contribution is 0.951. The van der Waals surface area contributed by atoms with Gasteiger partial charge >= 0.3 is 0 Å². The predicted octanol–water partition coefficient (Wildman–Crippen LogP) is 10.5. The van der Waals surface area contributed by atoms with E-state index in [2.05, 4.69) is 155 Å². The molecule has 0 spiro atoms. The summed E-state index contributed by atoms with van der Waals surface area (Å²) in [6.45, 7) is 0. The summed E-state index contributed by atoms with van der Waals surface area (Å²) in [4.78, 5) is 20.6. The van der Waals surface area contributed by atoms with E-state index >= 15 is 0 Å². The zero-order valence-electron chi connectivity index (χ0n) is 26.8. The van der Waals surface area contributed by atoms with E-state index in [1.165, 1.54) is 0 Å². The van der Waals surface area contributed by atoms with Crippen LogP contribution in [0.4, 0.5) is 0 Å². The third-order valence-electron chi connectivity index (χ3n) is 9.45. The van der Waals surface area contributed by atoms with Crippen LogP contribution < -0.4 is 0 Å². The Balaban J connectivity index is 1.27. The molecule has 50 heavy (non-hydrogen) atoms. The normalized spacial score (nSPS) is 11.6. The second kappa shape index (κ2) is 11.4. The van der Waals surface area contributed by atoms with Gasteiger partial charge in [0.2, 0.25) is 5.95 Å². The highest BCUT2D eigenvalue weighted by molar-refractivity contribution is 6.09. The topological polar surface area (TPSA) is 61.4 Å². The fourth-order valence-electron chi connectivity index (χ4n) is 7.22. The fourth-order valence-corrected chi connectivity index (χ4v) is 7.22. The number of pyridine rings is 1. The summed E-state index contributed by atoms with van der Waals surface area (Å²) < 4.78 is 4.38. The van der Waals surface area contributed by atoms with Crippen LogP contribution in [-0.4, -0.2) is 29.1 Å². The molecule has 0 aliphatic carbocycles. The molecule has 6 nitrogen and oxygen atoms in total. The van der Waals surface area contributed by atoms with Gasteiger partial charge in [-0.15, -0.1) is 0 Å². The van der Waals surface area contributed by atoms with Gasteiger partial charge in [-0.1, -0.05) is 115 Å². The lowest BCUT2D eigenvalue weighted by Crippen LogP contribution is -2.08. The van der Waals surface area contributed by atoms with Gasteiger partial charge in [-0.2, -0.15) is 9.97 Å². The second-order valence-corrected chi connectivity index (χ2v) is 12.3. The third-order valence-corrected chi connectivity index (χ3v) is 9.45. The van der Waals surface area contributed by atoms with Crippen molar-refractivity contribution in [2.24, 2.45) is 0 Å². The van der Waals surface area contributed by atoms with Gasteiger partial charge in [0, 0.05) is 38.9 Å². The zero-order valence-corrected chi connectivity index (χ0v) is 26.8. The third kappa shape index (κ3) is 4.43. The molecule has 0 radical (unpaired) electrons. The Morgan fingerprint density at radius 2 is 0.940 bits per heavy atom. The summed E-state index contributed by atoms with van der Waals surface area (Å²) in [7, 11) is 0. The monoisotopic (exact) mass is 640 g/mol. The van der Waals surface area contributed by atoms with E-state index in [0.29, 0.717) is 17.6 Å². The first-order valence-electron chi connectivity index (χ1n) is 16.7. The molecule has 4 aromatic heterocycles. The van der Waals surface area contributed by atoms with Crippen LogP contribution in [0, 0.1) is 0 Å². The fraction of sp³-hybridized carbons (Fsp3) is 0.